The summed E-state index contributed by atoms with van der Waals surface area (Å²) in [6.45, 7) is 5.63. The van der Waals surface area contributed by atoms with Crippen LogP contribution < -0.4 is 16.4 Å². The van der Waals surface area contributed by atoms with Crippen LogP contribution >= 0.6 is 0 Å². The lowest BCUT2D eigenvalue weighted by molar-refractivity contribution is -0.117. The number of nitrogens with two attached hydrogens (primary N) is 1. The first-order valence-electron chi connectivity index (χ1n) is 6.41. The molecule has 1 rings (SSSR count). The molecule has 5 heteroatoms. The molecular weight excluding hydrogens is 242 g/mol. The minimum Gasteiger partial charge on any atom is -0.350 e. The van der Waals surface area contributed by atoms with Gasteiger partial charge in [-0.25, -0.2) is 0 Å². The molecule has 0 heterocycles. The number of amides is 2. The molecule has 0 saturated heterocycles. The van der Waals surface area contributed by atoms with E-state index in [1.165, 1.54) is 0 Å². The van der Waals surface area contributed by atoms with Gasteiger partial charge >= 0.3 is 0 Å². The maximum Gasteiger partial charge on any atom is 0.251 e. The maximum atomic E-state index is 11.8. The summed E-state index contributed by atoms with van der Waals surface area (Å²) < 4.78 is 0. The van der Waals surface area contributed by atoms with Gasteiger partial charge in [-0.3, -0.25) is 9.59 Å². The van der Waals surface area contributed by atoms with Crippen molar-refractivity contribution in [2.45, 2.75) is 39.3 Å². The quantitative estimate of drug-likeness (QED) is 0.752. The van der Waals surface area contributed by atoms with Crippen LogP contribution in [0.2, 0.25) is 0 Å². The van der Waals surface area contributed by atoms with E-state index >= 15 is 0 Å². The van der Waals surface area contributed by atoms with E-state index in [0.717, 1.165) is 0 Å². The Bertz CT molecular complexity index is 458. The van der Waals surface area contributed by atoms with Gasteiger partial charge in [0, 0.05) is 17.3 Å². The Morgan fingerprint density at radius 3 is 2.58 bits per heavy atom. The number of hydrogen-bond donors (Lipinski definition) is 3. The van der Waals surface area contributed by atoms with Crippen LogP contribution in [0.4, 0.5) is 5.69 Å². The third-order valence-electron chi connectivity index (χ3n) is 2.59. The summed E-state index contributed by atoms with van der Waals surface area (Å²) in [5.41, 5.74) is 6.72. The van der Waals surface area contributed by atoms with Gasteiger partial charge < -0.3 is 16.4 Å². The lowest BCUT2D eigenvalue weighted by atomic mass is 10.1. The van der Waals surface area contributed by atoms with Crippen molar-refractivity contribution in [1.29, 1.82) is 0 Å². The highest BCUT2D eigenvalue weighted by atomic mass is 16.2. The molecule has 0 aliphatic carbocycles. The monoisotopic (exact) mass is 263 g/mol. The predicted octanol–water partition coefficient (Wildman–Crippen LogP) is 1.50. The summed E-state index contributed by atoms with van der Waals surface area (Å²) >= 11 is 0. The molecule has 5 nitrogen and oxygen atoms in total. The zero-order valence-electron chi connectivity index (χ0n) is 11.6. The van der Waals surface area contributed by atoms with Crippen molar-refractivity contribution < 1.29 is 9.59 Å². The van der Waals surface area contributed by atoms with Gasteiger partial charge in [0.2, 0.25) is 5.91 Å². The Kier molecular flexibility index (Phi) is 5.51. The van der Waals surface area contributed by atoms with Crippen molar-refractivity contribution in [3.63, 3.8) is 0 Å². The second kappa shape index (κ2) is 6.89. The van der Waals surface area contributed by atoms with Gasteiger partial charge in [0.1, 0.15) is 0 Å². The van der Waals surface area contributed by atoms with E-state index in [0.29, 0.717) is 17.7 Å². The van der Waals surface area contributed by atoms with Gasteiger partial charge in [0.05, 0.1) is 6.04 Å². The molecule has 104 valence electrons. The second-order valence-corrected chi connectivity index (χ2v) is 4.71. The lowest BCUT2D eigenvalue weighted by Gasteiger charge is -2.12. The van der Waals surface area contributed by atoms with Crippen LogP contribution in [0.25, 0.3) is 0 Å². The third kappa shape index (κ3) is 4.71. The topological polar surface area (TPSA) is 84.2 Å². The fraction of sp³-hybridized carbons (Fsp3) is 0.429. The van der Waals surface area contributed by atoms with E-state index in [9.17, 15) is 9.59 Å². The molecule has 1 aromatic carbocycles. The number of carbonyl (C=O) groups is 2. The molecule has 0 saturated carbocycles. The zero-order chi connectivity index (χ0) is 14.4. The first kappa shape index (κ1) is 15.2. The Labute approximate surface area is 113 Å². The highest BCUT2D eigenvalue weighted by Gasteiger charge is 2.12. The lowest BCUT2D eigenvalue weighted by Crippen LogP contribution is -2.35. The Morgan fingerprint density at radius 1 is 1.32 bits per heavy atom. The number of benzene rings is 1. The Hall–Kier alpha value is -1.88. The molecular formula is C14H21N3O2. The van der Waals surface area contributed by atoms with Crippen molar-refractivity contribution in [3.8, 4) is 0 Å². The fourth-order valence-electron chi connectivity index (χ4n) is 1.50. The van der Waals surface area contributed by atoms with Crippen LogP contribution in [-0.4, -0.2) is 23.9 Å². The summed E-state index contributed by atoms with van der Waals surface area (Å²) in [5, 5.41) is 5.49. The fourth-order valence-corrected chi connectivity index (χ4v) is 1.50. The molecule has 0 fully saturated rings. The Balaban J connectivity index is 2.77. The summed E-state index contributed by atoms with van der Waals surface area (Å²) in [4.78, 5) is 23.5. The van der Waals surface area contributed by atoms with Gasteiger partial charge in [-0.05, 0) is 38.5 Å². The molecule has 0 unspecified atom stereocenters. The van der Waals surface area contributed by atoms with Gasteiger partial charge in [-0.1, -0.05) is 13.0 Å². The van der Waals surface area contributed by atoms with Crippen molar-refractivity contribution in [2.24, 2.45) is 5.73 Å². The molecule has 0 radical (unpaired) electrons. The summed E-state index contributed by atoms with van der Waals surface area (Å²) in [7, 11) is 0. The van der Waals surface area contributed by atoms with Crippen LogP contribution in [0.3, 0.4) is 0 Å². The molecule has 19 heavy (non-hydrogen) atoms. The average Bonchev–Trinajstić information content (AvgIpc) is 2.37. The minimum absolute atomic E-state index is 0.0688. The Morgan fingerprint density at radius 2 is 2.00 bits per heavy atom. The number of anilines is 1. The standard InChI is InChI=1S/C14H21N3O2/c1-4-12(15)14(19)17-11-7-5-6-10(8-11)13(18)16-9(2)3/h5-9,12H,4,15H2,1-3H3,(H,16,18)(H,17,19)/t12-/m0/s1. The molecule has 0 bridgehead atoms. The second-order valence-electron chi connectivity index (χ2n) is 4.71. The van der Waals surface area contributed by atoms with E-state index < -0.39 is 6.04 Å². The number of hydrogen-bond acceptors (Lipinski definition) is 3. The van der Waals surface area contributed by atoms with Crippen molar-refractivity contribution >= 4 is 17.5 Å². The molecule has 2 amide bonds. The van der Waals surface area contributed by atoms with Crippen LogP contribution in [-0.2, 0) is 4.79 Å². The van der Waals surface area contributed by atoms with E-state index in [1.807, 2.05) is 20.8 Å². The summed E-state index contributed by atoms with van der Waals surface area (Å²) in [6, 6.07) is 6.33. The van der Waals surface area contributed by atoms with Gasteiger partial charge in [0.15, 0.2) is 0 Å². The van der Waals surface area contributed by atoms with Crippen molar-refractivity contribution in [1.82, 2.24) is 5.32 Å². The maximum absolute atomic E-state index is 11.8. The van der Waals surface area contributed by atoms with Gasteiger partial charge in [-0.2, -0.15) is 0 Å². The van der Waals surface area contributed by atoms with E-state index in [4.69, 9.17) is 5.73 Å². The van der Waals surface area contributed by atoms with Crippen LogP contribution in [0, 0.1) is 0 Å². The summed E-state index contributed by atoms with van der Waals surface area (Å²) in [6.07, 6.45) is 0.569. The van der Waals surface area contributed by atoms with E-state index in [2.05, 4.69) is 10.6 Å². The highest BCUT2D eigenvalue weighted by Crippen LogP contribution is 2.11. The molecule has 0 aliphatic rings. The van der Waals surface area contributed by atoms with Crippen LogP contribution in [0.1, 0.15) is 37.6 Å². The highest BCUT2D eigenvalue weighted by molar-refractivity contribution is 5.98. The first-order valence-corrected chi connectivity index (χ1v) is 6.41. The smallest absolute Gasteiger partial charge is 0.251 e. The predicted molar refractivity (Wildman–Crippen MR) is 75.9 cm³/mol. The van der Waals surface area contributed by atoms with E-state index in [1.54, 1.807) is 24.3 Å². The largest absolute Gasteiger partial charge is 0.350 e. The van der Waals surface area contributed by atoms with E-state index in [-0.39, 0.29) is 17.9 Å². The van der Waals surface area contributed by atoms with Gasteiger partial charge in [0.25, 0.3) is 5.91 Å². The van der Waals surface area contributed by atoms with Crippen molar-refractivity contribution in [2.75, 3.05) is 5.32 Å². The van der Waals surface area contributed by atoms with Crippen LogP contribution in [0.15, 0.2) is 24.3 Å². The van der Waals surface area contributed by atoms with Gasteiger partial charge in [-0.15, -0.1) is 0 Å². The SMILES string of the molecule is CC[C@H](N)C(=O)Nc1cccc(C(=O)NC(C)C)c1. The molecule has 0 aromatic heterocycles. The van der Waals surface area contributed by atoms with Crippen molar-refractivity contribution in [3.05, 3.63) is 29.8 Å². The molecule has 0 aliphatic heterocycles. The summed E-state index contributed by atoms with van der Waals surface area (Å²) in [5.74, 6) is -0.408. The number of rotatable bonds is 5. The van der Waals surface area contributed by atoms with Crippen LogP contribution in [0.5, 0.6) is 0 Å². The molecule has 0 spiro atoms. The molecule has 4 N–H and O–H groups in total. The third-order valence-corrected chi connectivity index (χ3v) is 2.59. The molecule has 1 aromatic rings. The number of carbonyl (C=O) groups excluding carboxylic acids is 2. The number of nitrogens with one attached hydrogen (secondary N) is 2. The molecule has 1 atom stereocenters. The average molecular weight is 263 g/mol. The minimum atomic E-state index is -0.534. The first-order chi connectivity index (χ1) is 8.93. The zero-order valence-corrected chi connectivity index (χ0v) is 11.6. The normalized spacial score (nSPS) is 12.1.